The minimum atomic E-state index is 0.871. The number of aryl methyl sites for hydroxylation is 3. The molecule has 0 aromatic carbocycles. The van der Waals surface area contributed by atoms with Crippen LogP contribution in [0.25, 0.3) is 0 Å². The smallest absolute Gasteiger partial charge is 0.148 e. The molecule has 0 unspecified atom stereocenters. The average Bonchev–Trinajstić information content (AvgIpc) is 2.48. The Hall–Kier alpha value is -1.90. The maximum absolute atomic E-state index is 5.85. The highest BCUT2D eigenvalue weighted by atomic mass is 16.5. The van der Waals surface area contributed by atoms with E-state index in [0.29, 0.717) is 0 Å². The molecule has 0 amide bonds. The molecular weight excluding hydrogens is 200 g/mol. The third-order valence-corrected chi connectivity index (χ3v) is 2.83. The molecule has 0 bridgehead atoms. The van der Waals surface area contributed by atoms with Gasteiger partial charge in [0.1, 0.15) is 11.5 Å². The Labute approximate surface area is 94.1 Å². The van der Waals surface area contributed by atoms with E-state index in [1.165, 1.54) is 5.56 Å². The van der Waals surface area contributed by atoms with E-state index >= 15 is 0 Å². The molecule has 0 radical (unpaired) electrons. The Morgan fingerprint density at radius 2 is 2.00 bits per heavy atom. The van der Waals surface area contributed by atoms with Gasteiger partial charge in [0.05, 0.1) is 6.20 Å². The van der Waals surface area contributed by atoms with Gasteiger partial charge in [-0.05, 0) is 37.5 Å². The van der Waals surface area contributed by atoms with Crippen molar-refractivity contribution in [3.63, 3.8) is 0 Å². The highest BCUT2D eigenvalue weighted by Gasteiger charge is 2.14. The molecular formula is C13H12N2O. The van der Waals surface area contributed by atoms with Crippen LogP contribution in [0.5, 0.6) is 11.5 Å². The molecule has 1 aliphatic heterocycles. The fourth-order valence-electron chi connectivity index (χ4n) is 1.98. The summed E-state index contributed by atoms with van der Waals surface area (Å²) >= 11 is 0. The molecule has 3 heterocycles. The average molecular weight is 212 g/mol. The number of hydrogen-bond donors (Lipinski definition) is 0. The summed E-state index contributed by atoms with van der Waals surface area (Å²) in [4.78, 5) is 8.39. The van der Waals surface area contributed by atoms with Crippen LogP contribution in [-0.4, -0.2) is 9.97 Å². The van der Waals surface area contributed by atoms with Gasteiger partial charge in [-0.15, -0.1) is 0 Å². The third-order valence-electron chi connectivity index (χ3n) is 2.83. The summed E-state index contributed by atoms with van der Waals surface area (Å²) in [5.41, 5.74) is 3.42. The molecule has 2 aromatic rings. The molecule has 80 valence electrons. The van der Waals surface area contributed by atoms with Gasteiger partial charge in [-0.2, -0.15) is 0 Å². The van der Waals surface area contributed by atoms with Gasteiger partial charge in [-0.1, -0.05) is 0 Å². The number of ether oxygens (including phenoxy) is 1. The van der Waals surface area contributed by atoms with Crippen molar-refractivity contribution in [3.05, 3.63) is 47.5 Å². The third kappa shape index (κ3) is 1.54. The molecule has 0 atom stereocenters. The lowest BCUT2D eigenvalue weighted by Crippen LogP contribution is -1.91. The molecule has 3 heteroatoms. The zero-order chi connectivity index (χ0) is 11.0. The van der Waals surface area contributed by atoms with Crippen molar-refractivity contribution in [2.24, 2.45) is 0 Å². The van der Waals surface area contributed by atoms with Crippen molar-refractivity contribution >= 4 is 0 Å². The highest BCUT2D eigenvalue weighted by Crippen LogP contribution is 2.32. The Morgan fingerprint density at radius 1 is 1.12 bits per heavy atom. The van der Waals surface area contributed by atoms with Crippen molar-refractivity contribution in [3.8, 4) is 11.5 Å². The molecule has 16 heavy (non-hydrogen) atoms. The molecule has 0 spiro atoms. The SMILES string of the molecule is Cc1cc2c(cn1)Oc1ccncc1CC2. The molecule has 3 nitrogen and oxygen atoms in total. The molecule has 1 aliphatic rings. The predicted octanol–water partition coefficient (Wildman–Crippen LogP) is 2.68. The zero-order valence-electron chi connectivity index (χ0n) is 9.10. The standard InChI is InChI=1S/C13H12N2O/c1-9-6-10-2-3-11-7-14-5-4-12(11)16-13(10)8-15-9/h4-8H,2-3H2,1H3. The number of fused-ring (bicyclic) bond motifs is 2. The molecule has 0 saturated heterocycles. The topological polar surface area (TPSA) is 35.0 Å². The normalized spacial score (nSPS) is 13.3. The monoisotopic (exact) mass is 212 g/mol. The van der Waals surface area contributed by atoms with Gasteiger partial charge in [0.2, 0.25) is 0 Å². The highest BCUT2D eigenvalue weighted by molar-refractivity contribution is 5.43. The van der Waals surface area contributed by atoms with Crippen molar-refractivity contribution < 1.29 is 4.74 Å². The lowest BCUT2D eigenvalue weighted by molar-refractivity contribution is 0.475. The van der Waals surface area contributed by atoms with Crippen molar-refractivity contribution in [2.45, 2.75) is 19.8 Å². The first-order valence-electron chi connectivity index (χ1n) is 5.39. The van der Waals surface area contributed by atoms with E-state index in [0.717, 1.165) is 35.6 Å². The Balaban J connectivity index is 2.08. The van der Waals surface area contributed by atoms with Gasteiger partial charge in [0, 0.05) is 23.7 Å². The van der Waals surface area contributed by atoms with E-state index in [4.69, 9.17) is 4.74 Å². The van der Waals surface area contributed by atoms with Crippen molar-refractivity contribution in [1.82, 2.24) is 9.97 Å². The maximum Gasteiger partial charge on any atom is 0.148 e. The lowest BCUT2D eigenvalue weighted by Gasteiger charge is -2.07. The minimum Gasteiger partial charge on any atom is -0.455 e. The van der Waals surface area contributed by atoms with Crippen LogP contribution < -0.4 is 4.74 Å². The van der Waals surface area contributed by atoms with Crippen LogP contribution in [0.3, 0.4) is 0 Å². The second-order valence-corrected chi connectivity index (χ2v) is 4.02. The van der Waals surface area contributed by atoms with Gasteiger partial charge < -0.3 is 4.74 Å². The fourth-order valence-corrected chi connectivity index (χ4v) is 1.98. The minimum absolute atomic E-state index is 0.871. The summed E-state index contributed by atoms with van der Waals surface area (Å²) in [7, 11) is 0. The molecule has 3 rings (SSSR count). The summed E-state index contributed by atoms with van der Waals surface area (Å²) in [6, 6.07) is 4.00. The summed E-state index contributed by atoms with van der Waals surface area (Å²) in [5.74, 6) is 1.77. The predicted molar refractivity (Wildman–Crippen MR) is 60.7 cm³/mol. The molecule has 0 aliphatic carbocycles. The van der Waals surface area contributed by atoms with E-state index < -0.39 is 0 Å². The van der Waals surface area contributed by atoms with Gasteiger partial charge >= 0.3 is 0 Å². The Bertz CT molecular complexity index is 537. The zero-order valence-corrected chi connectivity index (χ0v) is 9.10. The van der Waals surface area contributed by atoms with E-state index in [1.54, 1.807) is 12.4 Å². The summed E-state index contributed by atoms with van der Waals surface area (Å²) in [6.07, 6.45) is 7.39. The molecule has 2 aromatic heterocycles. The molecule has 0 fully saturated rings. The number of aromatic nitrogens is 2. The van der Waals surface area contributed by atoms with Gasteiger partial charge in [0.15, 0.2) is 0 Å². The largest absolute Gasteiger partial charge is 0.455 e. The van der Waals surface area contributed by atoms with Crippen LogP contribution in [0.15, 0.2) is 30.7 Å². The second kappa shape index (κ2) is 3.59. The fraction of sp³-hybridized carbons (Fsp3) is 0.231. The van der Waals surface area contributed by atoms with Crippen LogP contribution >= 0.6 is 0 Å². The van der Waals surface area contributed by atoms with Crippen LogP contribution in [0.2, 0.25) is 0 Å². The summed E-state index contributed by atoms with van der Waals surface area (Å²) in [6.45, 7) is 2.00. The Kier molecular flexibility index (Phi) is 2.10. The van der Waals surface area contributed by atoms with Crippen LogP contribution in [0.1, 0.15) is 16.8 Å². The molecule has 0 N–H and O–H groups in total. The maximum atomic E-state index is 5.85. The number of hydrogen-bond acceptors (Lipinski definition) is 3. The number of rotatable bonds is 0. The number of pyridine rings is 2. The van der Waals surface area contributed by atoms with Crippen LogP contribution in [0.4, 0.5) is 0 Å². The van der Waals surface area contributed by atoms with E-state index in [9.17, 15) is 0 Å². The van der Waals surface area contributed by atoms with Crippen LogP contribution in [0, 0.1) is 6.92 Å². The Morgan fingerprint density at radius 3 is 2.94 bits per heavy atom. The van der Waals surface area contributed by atoms with Crippen molar-refractivity contribution in [1.29, 1.82) is 0 Å². The first-order chi connectivity index (χ1) is 7.83. The lowest BCUT2D eigenvalue weighted by atomic mass is 10.1. The van der Waals surface area contributed by atoms with E-state index in [1.807, 2.05) is 19.2 Å². The number of nitrogens with zero attached hydrogens (tertiary/aromatic N) is 2. The van der Waals surface area contributed by atoms with E-state index in [-0.39, 0.29) is 0 Å². The molecule has 0 saturated carbocycles. The second-order valence-electron chi connectivity index (χ2n) is 4.02. The first-order valence-corrected chi connectivity index (χ1v) is 5.39. The first kappa shape index (κ1) is 9.33. The van der Waals surface area contributed by atoms with E-state index in [2.05, 4.69) is 16.0 Å². The van der Waals surface area contributed by atoms with Crippen LogP contribution in [-0.2, 0) is 12.8 Å². The quantitative estimate of drug-likeness (QED) is 0.673. The van der Waals surface area contributed by atoms with Gasteiger partial charge in [-0.3, -0.25) is 9.97 Å². The summed E-state index contributed by atoms with van der Waals surface area (Å²) in [5, 5.41) is 0. The summed E-state index contributed by atoms with van der Waals surface area (Å²) < 4.78 is 5.85. The van der Waals surface area contributed by atoms with Gasteiger partial charge in [-0.25, -0.2) is 0 Å². The van der Waals surface area contributed by atoms with Crippen molar-refractivity contribution in [2.75, 3.05) is 0 Å². The van der Waals surface area contributed by atoms with Gasteiger partial charge in [0.25, 0.3) is 0 Å².